The van der Waals surface area contributed by atoms with Gasteiger partial charge in [-0.25, -0.2) is 0 Å². The second-order valence-electron chi connectivity index (χ2n) is 7.49. The van der Waals surface area contributed by atoms with E-state index in [1.54, 1.807) is 24.0 Å². The largest absolute Gasteiger partial charge is 0.384 e. The van der Waals surface area contributed by atoms with Gasteiger partial charge in [-0.15, -0.1) is 0 Å². The summed E-state index contributed by atoms with van der Waals surface area (Å²) in [6, 6.07) is 7.60. The van der Waals surface area contributed by atoms with Gasteiger partial charge in [0, 0.05) is 45.1 Å². The second kappa shape index (κ2) is 10.5. The topological polar surface area (TPSA) is 88.8 Å². The van der Waals surface area contributed by atoms with E-state index >= 15 is 0 Å². The predicted octanol–water partition coefficient (Wildman–Crippen LogP) is 2.35. The van der Waals surface area contributed by atoms with Gasteiger partial charge in [0.05, 0.1) is 19.1 Å². The van der Waals surface area contributed by atoms with Gasteiger partial charge in [-0.1, -0.05) is 28.9 Å². The third-order valence-electron chi connectivity index (χ3n) is 5.22. The molecule has 1 atom stereocenters. The Morgan fingerprint density at radius 3 is 2.83 bits per heavy atom. The highest BCUT2D eigenvalue weighted by atomic mass is 35.5. The van der Waals surface area contributed by atoms with Crippen molar-refractivity contribution in [3.8, 4) is 0 Å². The smallest absolute Gasteiger partial charge is 0.246 e. The molecule has 8 nitrogen and oxygen atoms in total. The number of rotatable bonds is 9. The van der Waals surface area contributed by atoms with Crippen molar-refractivity contribution in [2.45, 2.75) is 32.2 Å². The van der Waals surface area contributed by atoms with Crippen LogP contribution in [0.4, 0.5) is 0 Å². The Labute approximate surface area is 181 Å². The number of hydrogen-bond donors (Lipinski definition) is 0. The van der Waals surface area contributed by atoms with Crippen LogP contribution in [0.25, 0.3) is 0 Å². The first-order chi connectivity index (χ1) is 14.5. The maximum Gasteiger partial charge on any atom is 0.246 e. The molecule has 1 fully saturated rings. The van der Waals surface area contributed by atoms with Crippen LogP contribution in [0.1, 0.15) is 30.1 Å². The van der Waals surface area contributed by atoms with Gasteiger partial charge in [-0.3, -0.25) is 9.59 Å². The summed E-state index contributed by atoms with van der Waals surface area (Å²) >= 11 is 5.92. The maximum atomic E-state index is 12.9. The molecule has 1 aliphatic rings. The van der Waals surface area contributed by atoms with Crippen LogP contribution in [0, 0.1) is 5.92 Å². The fourth-order valence-electron chi connectivity index (χ4n) is 3.49. The fraction of sp³-hybridized carbons (Fsp3) is 0.524. The number of nitrogens with zero attached hydrogens (tertiary/aromatic N) is 4. The molecular formula is C21H27ClN4O4. The molecule has 0 radical (unpaired) electrons. The van der Waals surface area contributed by atoms with Gasteiger partial charge in [0.25, 0.3) is 0 Å². The number of halogens is 1. The van der Waals surface area contributed by atoms with E-state index in [1.807, 2.05) is 24.3 Å². The summed E-state index contributed by atoms with van der Waals surface area (Å²) in [5, 5.41) is 4.58. The highest BCUT2D eigenvalue weighted by Gasteiger charge is 2.32. The first-order valence-corrected chi connectivity index (χ1v) is 10.4. The Kier molecular flexibility index (Phi) is 7.81. The minimum atomic E-state index is -0.228. The van der Waals surface area contributed by atoms with E-state index in [1.165, 1.54) is 0 Å². The van der Waals surface area contributed by atoms with Crippen LogP contribution in [-0.4, -0.2) is 65.6 Å². The summed E-state index contributed by atoms with van der Waals surface area (Å²) in [6.07, 6.45) is 2.23. The Morgan fingerprint density at radius 1 is 1.33 bits per heavy atom. The van der Waals surface area contributed by atoms with Crippen LogP contribution >= 0.6 is 11.6 Å². The van der Waals surface area contributed by atoms with Crippen molar-refractivity contribution in [1.29, 1.82) is 0 Å². The lowest BCUT2D eigenvalue weighted by molar-refractivity contribution is -0.142. The third kappa shape index (κ3) is 6.03. The van der Waals surface area contributed by atoms with Gasteiger partial charge in [0.15, 0.2) is 5.82 Å². The summed E-state index contributed by atoms with van der Waals surface area (Å²) in [5.41, 5.74) is 1.11. The molecule has 0 spiro atoms. The molecule has 0 saturated carbocycles. The number of methoxy groups -OCH3 is 1. The van der Waals surface area contributed by atoms with Crippen LogP contribution in [-0.2, 0) is 33.7 Å². The molecule has 1 aromatic heterocycles. The summed E-state index contributed by atoms with van der Waals surface area (Å²) in [6.45, 7) is 1.77. The predicted molar refractivity (Wildman–Crippen MR) is 111 cm³/mol. The van der Waals surface area contributed by atoms with Crippen molar-refractivity contribution in [1.82, 2.24) is 19.9 Å². The van der Waals surface area contributed by atoms with Gasteiger partial charge in [0.2, 0.25) is 17.7 Å². The summed E-state index contributed by atoms with van der Waals surface area (Å²) < 4.78 is 10.2. The van der Waals surface area contributed by atoms with Gasteiger partial charge in [-0.05, 0) is 30.5 Å². The summed E-state index contributed by atoms with van der Waals surface area (Å²) in [7, 11) is 3.33. The summed E-state index contributed by atoms with van der Waals surface area (Å²) in [4.78, 5) is 32.9. The van der Waals surface area contributed by atoms with Crippen LogP contribution in [0.3, 0.4) is 0 Å². The van der Waals surface area contributed by atoms with Crippen molar-refractivity contribution < 1.29 is 18.8 Å². The quantitative estimate of drug-likeness (QED) is 0.602. The molecule has 1 aliphatic heterocycles. The molecule has 30 heavy (non-hydrogen) atoms. The van der Waals surface area contributed by atoms with E-state index in [4.69, 9.17) is 20.9 Å². The highest BCUT2D eigenvalue weighted by molar-refractivity contribution is 6.30. The molecule has 2 heterocycles. The SMILES string of the molecule is COCCc1noc(CN(C)C(=O)C2CCC(=O)N(CCc3ccc(Cl)cc3)C2)n1. The van der Waals surface area contributed by atoms with E-state index in [9.17, 15) is 9.59 Å². The number of aromatic nitrogens is 2. The molecular weight excluding hydrogens is 408 g/mol. The lowest BCUT2D eigenvalue weighted by Gasteiger charge is -2.33. The number of likely N-dealkylation sites (tertiary alicyclic amines) is 1. The number of amides is 2. The number of piperidine rings is 1. The van der Waals surface area contributed by atoms with E-state index in [0.717, 1.165) is 12.0 Å². The number of ether oxygens (including phenoxy) is 1. The number of hydrogen-bond acceptors (Lipinski definition) is 6. The van der Waals surface area contributed by atoms with Crippen molar-refractivity contribution in [2.24, 2.45) is 5.92 Å². The summed E-state index contributed by atoms with van der Waals surface area (Å²) in [5.74, 6) is 0.799. The van der Waals surface area contributed by atoms with Crippen LogP contribution < -0.4 is 0 Å². The first kappa shape index (κ1) is 22.2. The second-order valence-corrected chi connectivity index (χ2v) is 7.93. The number of benzene rings is 1. The molecule has 162 valence electrons. The molecule has 1 unspecified atom stereocenters. The van der Waals surface area contributed by atoms with E-state index < -0.39 is 0 Å². The molecule has 0 bridgehead atoms. The zero-order valence-electron chi connectivity index (χ0n) is 17.3. The average molecular weight is 435 g/mol. The zero-order chi connectivity index (χ0) is 21.5. The highest BCUT2D eigenvalue weighted by Crippen LogP contribution is 2.21. The van der Waals surface area contributed by atoms with E-state index in [-0.39, 0.29) is 24.3 Å². The van der Waals surface area contributed by atoms with Crippen LogP contribution in [0.5, 0.6) is 0 Å². The average Bonchev–Trinajstić information content (AvgIpc) is 3.19. The molecule has 1 aromatic carbocycles. The molecule has 1 saturated heterocycles. The molecule has 9 heteroatoms. The Hall–Kier alpha value is -2.45. The van der Waals surface area contributed by atoms with Gasteiger partial charge in [-0.2, -0.15) is 4.98 Å². The minimum Gasteiger partial charge on any atom is -0.384 e. The van der Waals surface area contributed by atoms with E-state index in [0.29, 0.717) is 55.7 Å². The van der Waals surface area contributed by atoms with Crippen molar-refractivity contribution in [2.75, 3.05) is 33.9 Å². The van der Waals surface area contributed by atoms with Crippen LogP contribution in [0.15, 0.2) is 28.8 Å². The first-order valence-electron chi connectivity index (χ1n) is 10.0. The molecule has 2 amide bonds. The molecule has 3 rings (SSSR count). The number of carbonyl (C=O) groups is 2. The monoisotopic (exact) mass is 434 g/mol. The molecule has 0 aliphatic carbocycles. The Morgan fingerprint density at radius 2 is 2.10 bits per heavy atom. The van der Waals surface area contributed by atoms with Gasteiger partial charge >= 0.3 is 0 Å². The lowest BCUT2D eigenvalue weighted by Crippen LogP contribution is -2.46. The third-order valence-corrected chi connectivity index (χ3v) is 5.47. The van der Waals surface area contributed by atoms with Gasteiger partial charge in [0.1, 0.15) is 0 Å². The van der Waals surface area contributed by atoms with E-state index in [2.05, 4.69) is 10.1 Å². The molecule has 0 N–H and O–H groups in total. The van der Waals surface area contributed by atoms with Crippen molar-refractivity contribution >= 4 is 23.4 Å². The Bertz CT molecular complexity index is 855. The number of carbonyl (C=O) groups excluding carboxylic acids is 2. The van der Waals surface area contributed by atoms with Gasteiger partial charge < -0.3 is 19.1 Å². The standard InChI is InChI=1S/C21H27ClN4O4/c1-25(14-19-23-18(24-30-19)10-12-29-2)21(28)16-5-8-20(27)26(13-16)11-9-15-3-6-17(22)7-4-15/h3-4,6-7,16H,5,8-14H2,1-2H3. The zero-order valence-corrected chi connectivity index (χ0v) is 18.1. The maximum absolute atomic E-state index is 12.9. The Balaban J connectivity index is 1.52. The normalized spacial score (nSPS) is 16.7. The lowest BCUT2D eigenvalue weighted by atomic mass is 9.95. The van der Waals surface area contributed by atoms with Crippen molar-refractivity contribution in [3.05, 3.63) is 46.6 Å². The van der Waals surface area contributed by atoms with Crippen molar-refractivity contribution in [3.63, 3.8) is 0 Å². The molecule has 2 aromatic rings. The fourth-order valence-corrected chi connectivity index (χ4v) is 3.62. The van der Waals surface area contributed by atoms with Crippen LogP contribution in [0.2, 0.25) is 5.02 Å². The minimum absolute atomic E-state index is 0.0179.